The van der Waals surface area contributed by atoms with E-state index in [-0.39, 0.29) is 16.9 Å². The first-order chi connectivity index (χ1) is 9.90. The van der Waals surface area contributed by atoms with E-state index in [1.54, 1.807) is 18.2 Å². The number of esters is 1. The summed E-state index contributed by atoms with van der Waals surface area (Å²) in [5.74, 6) is -0.891. The molecule has 6 heteroatoms. The summed E-state index contributed by atoms with van der Waals surface area (Å²) in [6, 6.07) is 11.8. The lowest BCUT2D eigenvalue weighted by atomic mass is 10.0. The molecule has 0 aliphatic carbocycles. The van der Waals surface area contributed by atoms with Crippen LogP contribution in [0.2, 0.25) is 0 Å². The summed E-state index contributed by atoms with van der Waals surface area (Å²) in [5, 5.41) is 0. The van der Waals surface area contributed by atoms with Crippen LogP contribution >= 0.6 is 0 Å². The number of alkyl halides is 3. The second-order valence-electron chi connectivity index (χ2n) is 4.12. The second kappa shape index (κ2) is 5.87. The van der Waals surface area contributed by atoms with Gasteiger partial charge in [0, 0.05) is 5.56 Å². The largest absolute Gasteiger partial charge is 0.573 e. The van der Waals surface area contributed by atoms with Crippen molar-refractivity contribution in [2.24, 2.45) is 0 Å². The van der Waals surface area contributed by atoms with Crippen LogP contribution in [0.5, 0.6) is 5.75 Å². The van der Waals surface area contributed by atoms with E-state index < -0.39 is 12.3 Å². The van der Waals surface area contributed by atoms with Gasteiger partial charge in [0.2, 0.25) is 0 Å². The second-order valence-corrected chi connectivity index (χ2v) is 4.12. The monoisotopic (exact) mass is 296 g/mol. The maximum atomic E-state index is 12.4. The summed E-state index contributed by atoms with van der Waals surface area (Å²) in [4.78, 5) is 11.5. The highest BCUT2D eigenvalue weighted by atomic mass is 19.4. The zero-order chi connectivity index (χ0) is 15.5. The highest BCUT2D eigenvalue weighted by Crippen LogP contribution is 2.33. The van der Waals surface area contributed by atoms with Crippen molar-refractivity contribution in [1.82, 2.24) is 0 Å². The fourth-order valence-electron chi connectivity index (χ4n) is 1.85. The van der Waals surface area contributed by atoms with Crippen LogP contribution in [0.3, 0.4) is 0 Å². The van der Waals surface area contributed by atoms with E-state index in [4.69, 9.17) is 0 Å². The quantitative estimate of drug-likeness (QED) is 0.802. The Morgan fingerprint density at radius 2 is 1.76 bits per heavy atom. The van der Waals surface area contributed by atoms with E-state index in [1.165, 1.54) is 37.4 Å². The van der Waals surface area contributed by atoms with Crippen LogP contribution in [-0.4, -0.2) is 19.4 Å². The number of ether oxygens (including phenoxy) is 2. The summed E-state index contributed by atoms with van der Waals surface area (Å²) in [5.41, 5.74) is 0.912. The third-order valence-corrected chi connectivity index (χ3v) is 2.71. The molecule has 2 aromatic carbocycles. The maximum absolute atomic E-state index is 12.4. The molecule has 0 spiro atoms. The van der Waals surface area contributed by atoms with Gasteiger partial charge in [-0.1, -0.05) is 30.3 Å². The van der Waals surface area contributed by atoms with Crippen molar-refractivity contribution in [3.63, 3.8) is 0 Å². The molecule has 110 valence electrons. The normalized spacial score (nSPS) is 11.0. The van der Waals surface area contributed by atoms with Crippen LogP contribution in [0.1, 0.15) is 10.4 Å². The molecule has 0 aliphatic rings. The number of rotatable bonds is 3. The number of hydrogen-bond donors (Lipinski definition) is 0. The van der Waals surface area contributed by atoms with Crippen LogP contribution in [0.15, 0.2) is 48.5 Å². The Kier molecular flexibility index (Phi) is 4.16. The third-order valence-electron chi connectivity index (χ3n) is 2.71. The average molecular weight is 296 g/mol. The van der Waals surface area contributed by atoms with Gasteiger partial charge in [-0.25, -0.2) is 4.79 Å². The molecule has 0 amide bonds. The molecule has 0 fully saturated rings. The summed E-state index contributed by atoms with van der Waals surface area (Å²) >= 11 is 0. The Labute approximate surface area is 118 Å². The molecule has 0 unspecified atom stereocenters. The minimum absolute atomic E-state index is 0.237. The molecule has 0 aliphatic heterocycles. The minimum Gasteiger partial charge on any atom is -0.465 e. The summed E-state index contributed by atoms with van der Waals surface area (Å²) < 4.78 is 45.8. The molecule has 0 aromatic heterocycles. The topological polar surface area (TPSA) is 35.5 Å². The van der Waals surface area contributed by atoms with E-state index >= 15 is 0 Å². The van der Waals surface area contributed by atoms with Crippen molar-refractivity contribution in [1.29, 1.82) is 0 Å². The fourth-order valence-corrected chi connectivity index (χ4v) is 1.85. The summed E-state index contributed by atoms with van der Waals surface area (Å²) in [7, 11) is 1.23. The molecule has 0 saturated carbocycles. The molecule has 0 heterocycles. The van der Waals surface area contributed by atoms with Crippen molar-refractivity contribution < 1.29 is 27.4 Å². The summed E-state index contributed by atoms with van der Waals surface area (Å²) in [6.45, 7) is 0. The molecule has 2 aromatic rings. The van der Waals surface area contributed by atoms with Crippen molar-refractivity contribution in [2.45, 2.75) is 6.36 Å². The lowest BCUT2D eigenvalue weighted by Crippen LogP contribution is -2.17. The smallest absolute Gasteiger partial charge is 0.465 e. The molecule has 3 nitrogen and oxygen atoms in total. The van der Waals surface area contributed by atoms with Gasteiger partial charge in [0.1, 0.15) is 5.75 Å². The van der Waals surface area contributed by atoms with Crippen LogP contribution < -0.4 is 4.74 Å². The lowest BCUT2D eigenvalue weighted by molar-refractivity contribution is -0.274. The van der Waals surface area contributed by atoms with Crippen molar-refractivity contribution in [3.8, 4) is 16.9 Å². The van der Waals surface area contributed by atoms with Gasteiger partial charge in [0.05, 0.1) is 12.7 Å². The summed E-state index contributed by atoms with van der Waals surface area (Å²) in [6.07, 6.45) is -4.78. The molecule has 0 bridgehead atoms. The molecule has 21 heavy (non-hydrogen) atoms. The number of methoxy groups -OCH3 is 1. The van der Waals surface area contributed by atoms with E-state index in [1.807, 2.05) is 0 Å². The van der Waals surface area contributed by atoms with E-state index in [9.17, 15) is 18.0 Å². The van der Waals surface area contributed by atoms with E-state index in [2.05, 4.69) is 9.47 Å². The predicted octanol–water partition coefficient (Wildman–Crippen LogP) is 4.04. The van der Waals surface area contributed by atoms with Gasteiger partial charge in [0.15, 0.2) is 0 Å². The highest BCUT2D eigenvalue weighted by molar-refractivity contribution is 5.91. The first kappa shape index (κ1) is 14.9. The van der Waals surface area contributed by atoms with Crippen LogP contribution in [0, 0.1) is 0 Å². The SMILES string of the molecule is COC(=O)c1cccc(-c2ccccc2OC(F)(F)F)c1. The number of halogens is 3. The van der Waals surface area contributed by atoms with Crippen LogP contribution in [-0.2, 0) is 4.74 Å². The standard InChI is InChI=1S/C15H11F3O3/c1-20-14(19)11-6-4-5-10(9-11)12-7-2-3-8-13(12)21-15(16,17)18/h2-9H,1H3. The maximum Gasteiger partial charge on any atom is 0.573 e. The Hall–Kier alpha value is -2.50. The third kappa shape index (κ3) is 3.75. The van der Waals surface area contributed by atoms with Crippen molar-refractivity contribution in [2.75, 3.05) is 7.11 Å². The van der Waals surface area contributed by atoms with Gasteiger partial charge >= 0.3 is 12.3 Å². The molecular formula is C15H11F3O3. The van der Waals surface area contributed by atoms with Crippen molar-refractivity contribution >= 4 is 5.97 Å². The molecule has 0 N–H and O–H groups in total. The van der Waals surface area contributed by atoms with E-state index in [0.717, 1.165) is 0 Å². The van der Waals surface area contributed by atoms with Crippen LogP contribution in [0.25, 0.3) is 11.1 Å². The molecular weight excluding hydrogens is 285 g/mol. The first-order valence-corrected chi connectivity index (χ1v) is 5.94. The Morgan fingerprint density at radius 1 is 1.05 bits per heavy atom. The highest BCUT2D eigenvalue weighted by Gasteiger charge is 2.32. The van der Waals surface area contributed by atoms with Gasteiger partial charge in [0.25, 0.3) is 0 Å². The number of carbonyl (C=O) groups is 1. The number of carbonyl (C=O) groups excluding carboxylic acids is 1. The predicted molar refractivity (Wildman–Crippen MR) is 69.9 cm³/mol. The molecule has 0 radical (unpaired) electrons. The van der Waals surface area contributed by atoms with Crippen LogP contribution in [0.4, 0.5) is 13.2 Å². The lowest BCUT2D eigenvalue weighted by Gasteiger charge is -2.13. The zero-order valence-corrected chi connectivity index (χ0v) is 11.0. The zero-order valence-electron chi connectivity index (χ0n) is 11.0. The number of hydrogen-bond acceptors (Lipinski definition) is 3. The Bertz CT molecular complexity index is 651. The molecule has 0 saturated heterocycles. The van der Waals surface area contributed by atoms with Crippen molar-refractivity contribution in [3.05, 3.63) is 54.1 Å². The number of para-hydroxylation sites is 1. The Balaban J connectivity index is 2.45. The molecule has 0 atom stereocenters. The van der Waals surface area contributed by atoms with Gasteiger partial charge in [-0.3, -0.25) is 0 Å². The minimum atomic E-state index is -4.78. The Morgan fingerprint density at radius 3 is 2.43 bits per heavy atom. The fraction of sp³-hybridized carbons (Fsp3) is 0.133. The van der Waals surface area contributed by atoms with Gasteiger partial charge < -0.3 is 9.47 Å². The molecule has 2 rings (SSSR count). The van der Waals surface area contributed by atoms with Gasteiger partial charge in [-0.2, -0.15) is 0 Å². The van der Waals surface area contributed by atoms with Gasteiger partial charge in [-0.05, 0) is 23.8 Å². The van der Waals surface area contributed by atoms with E-state index in [0.29, 0.717) is 5.56 Å². The first-order valence-electron chi connectivity index (χ1n) is 5.94. The number of benzene rings is 2. The van der Waals surface area contributed by atoms with Gasteiger partial charge in [-0.15, -0.1) is 13.2 Å². The average Bonchev–Trinajstić information content (AvgIpc) is 2.45.